The van der Waals surface area contributed by atoms with Gasteiger partial charge in [0, 0.05) is 6.04 Å². The minimum absolute atomic E-state index is 0.795. The molecule has 0 spiro atoms. The van der Waals surface area contributed by atoms with Gasteiger partial charge in [-0.15, -0.1) is 0 Å². The highest BCUT2D eigenvalue weighted by Crippen LogP contribution is 2.34. The van der Waals surface area contributed by atoms with Crippen LogP contribution in [0.4, 0.5) is 0 Å². The summed E-state index contributed by atoms with van der Waals surface area (Å²) in [5.74, 6) is 2.01. The van der Waals surface area contributed by atoms with Crippen LogP contribution in [0.2, 0.25) is 0 Å². The lowest BCUT2D eigenvalue weighted by Crippen LogP contribution is -2.35. The van der Waals surface area contributed by atoms with Crippen LogP contribution in [0.1, 0.15) is 104 Å². The van der Waals surface area contributed by atoms with Gasteiger partial charge in [-0.25, -0.2) is 0 Å². The molecule has 1 saturated carbocycles. The molecule has 1 aliphatic carbocycles. The maximum atomic E-state index is 3.63. The van der Waals surface area contributed by atoms with E-state index >= 15 is 0 Å². The van der Waals surface area contributed by atoms with Gasteiger partial charge in [0.15, 0.2) is 0 Å². The summed E-state index contributed by atoms with van der Waals surface area (Å²) < 4.78 is 0. The van der Waals surface area contributed by atoms with Crippen molar-refractivity contribution in [2.75, 3.05) is 7.05 Å². The van der Waals surface area contributed by atoms with Gasteiger partial charge >= 0.3 is 0 Å². The minimum atomic E-state index is 0.795. The third-order valence-corrected chi connectivity index (χ3v) is 5.67. The molecule has 1 unspecified atom stereocenters. The molecule has 0 amide bonds. The van der Waals surface area contributed by atoms with E-state index in [1.165, 1.54) is 89.9 Å². The van der Waals surface area contributed by atoms with Crippen molar-refractivity contribution in [1.82, 2.24) is 5.32 Å². The second-order valence-electron chi connectivity index (χ2n) is 7.37. The summed E-state index contributed by atoms with van der Waals surface area (Å²) in [6.45, 7) is 4.62. The molecule has 1 aliphatic rings. The van der Waals surface area contributed by atoms with Gasteiger partial charge in [-0.1, -0.05) is 84.5 Å². The van der Waals surface area contributed by atoms with E-state index in [1.807, 2.05) is 0 Å². The van der Waals surface area contributed by atoms with Gasteiger partial charge in [0.05, 0.1) is 0 Å². The van der Waals surface area contributed by atoms with E-state index in [1.54, 1.807) is 0 Å². The molecule has 1 nitrogen and oxygen atoms in total. The summed E-state index contributed by atoms with van der Waals surface area (Å²) in [6.07, 6.45) is 20.3. The van der Waals surface area contributed by atoms with Crippen LogP contribution in [0.3, 0.4) is 0 Å². The number of hydrogen-bond donors (Lipinski definition) is 1. The molecule has 0 aromatic heterocycles. The van der Waals surface area contributed by atoms with Crippen LogP contribution in [0.5, 0.6) is 0 Å². The molecular formula is C20H41N. The Morgan fingerprint density at radius 1 is 0.810 bits per heavy atom. The molecule has 126 valence electrons. The molecule has 1 atom stereocenters. The van der Waals surface area contributed by atoms with E-state index in [-0.39, 0.29) is 0 Å². The Labute approximate surface area is 134 Å². The predicted octanol–water partition coefficient (Wildman–Crippen LogP) is 6.32. The SMILES string of the molecule is CCCCCCCCC(NC)C1CCC(CCCC)CC1. The fraction of sp³-hybridized carbons (Fsp3) is 1.00. The quantitative estimate of drug-likeness (QED) is 0.415. The lowest BCUT2D eigenvalue weighted by molar-refractivity contribution is 0.209. The van der Waals surface area contributed by atoms with Crippen molar-refractivity contribution in [3.05, 3.63) is 0 Å². The third kappa shape index (κ3) is 8.24. The van der Waals surface area contributed by atoms with E-state index < -0.39 is 0 Å². The Kier molecular flexibility index (Phi) is 11.3. The smallest absolute Gasteiger partial charge is 0.00923 e. The summed E-state index contributed by atoms with van der Waals surface area (Å²) >= 11 is 0. The fourth-order valence-corrected chi connectivity index (χ4v) is 4.13. The molecule has 0 aliphatic heterocycles. The average Bonchev–Trinajstić information content (AvgIpc) is 2.53. The predicted molar refractivity (Wildman–Crippen MR) is 95.8 cm³/mol. The van der Waals surface area contributed by atoms with Crippen LogP contribution < -0.4 is 5.32 Å². The first-order valence-corrected chi connectivity index (χ1v) is 9.99. The molecule has 1 N–H and O–H groups in total. The molecule has 21 heavy (non-hydrogen) atoms. The number of rotatable bonds is 12. The average molecular weight is 296 g/mol. The first-order chi connectivity index (χ1) is 10.3. The Morgan fingerprint density at radius 2 is 1.43 bits per heavy atom. The van der Waals surface area contributed by atoms with Crippen LogP contribution in [-0.2, 0) is 0 Å². The molecule has 0 heterocycles. The van der Waals surface area contributed by atoms with Crippen molar-refractivity contribution in [3.8, 4) is 0 Å². The van der Waals surface area contributed by atoms with E-state index in [0.717, 1.165) is 17.9 Å². The van der Waals surface area contributed by atoms with Gasteiger partial charge in [0.2, 0.25) is 0 Å². The lowest BCUT2D eigenvalue weighted by Gasteiger charge is -2.34. The molecular weight excluding hydrogens is 254 g/mol. The van der Waals surface area contributed by atoms with Crippen molar-refractivity contribution in [1.29, 1.82) is 0 Å². The Bertz CT molecular complexity index is 218. The standard InChI is InChI=1S/C20H41N/c1-4-6-8-9-10-11-13-20(21-3)19-16-14-18(15-17-19)12-7-5-2/h18-21H,4-17H2,1-3H3. The molecule has 0 aromatic carbocycles. The summed E-state index contributed by atoms with van der Waals surface area (Å²) in [5.41, 5.74) is 0. The van der Waals surface area contributed by atoms with Gasteiger partial charge in [-0.2, -0.15) is 0 Å². The highest BCUT2D eigenvalue weighted by atomic mass is 14.9. The zero-order valence-corrected chi connectivity index (χ0v) is 15.1. The Morgan fingerprint density at radius 3 is 2.05 bits per heavy atom. The fourth-order valence-electron chi connectivity index (χ4n) is 4.13. The number of nitrogens with one attached hydrogen (secondary N) is 1. The highest BCUT2D eigenvalue weighted by Gasteiger charge is 2.26. The van der Waals surface area contributed by atoms with E-state index in [9.17, 15) is 0 Å². The molecule has 0 aromatic rings. The third-order valence-electron chi connectivity index (χ3n) is 5.67. The second-order valence-corrected chi connectivity index (χ2v) is 7.37. The normalized spacial score (nSPS) is 24.1. The van der Waals surface area contributed by atoms with Crippen LogP contribution in [0, 0.1) is 11.8 Å². The molecule has 0 saturated heterocycles. The second kappa shape index (κ2) is 12.5. The maximum absolute atomic E-state index is 3.63. The largest absolute Gasteiger partial charge is 0.317 e. The Hall–Kier alpha value is -0.0400. The zero-order valence-electron chi connectivity index (χ0n) is 15.1. The van der Waals surface area contributed by atoms with Crippen LogP contribution >= 0.6 is 0 Å². The highest BCUT2D eigenvalue weighted by molar-refractivity contribution is 4.81. The van der Waals surface area contributed by atoms with Crippen LogP contribution in [0.25, 0.3) is 0 Å². The summed E-state index contributed by atoms with van der Waals surface area (Å²) in [7, 11) is 2.19. The number of unbranched alkanes of at least 4 members (excludes halogenated alkanes) is 6. The van der Waals surface area contributed by atoms with Crippen molar-refractivity contribution in [3.63, 3.8) is 0 Å². The Balaban J connectivity index is 2.12. The molecule has 1 fully saturated rings. The number of hydrogen-bond acceptors (Lipinski definition) is 1. The first-order valence-electron chi connectivity index (χ1n) is 9.99. The summed E-state index contributed by atoms with van der Waals surface area (Å²) in [4.78, 5) is 0. The molecule has 0 bridgehead atoms. The van der Waals surface area contributed by atoms with Crippen LogP contribution in [0.15, 0.2) is 0 Å². The molecule has 1 rings (SSSR count). The monoisotopic (exact) mass is 295 g/mol. The summed E-state index contributed by atoms with van der Waals surface area (Å²) in [6, 6.07) is 0.795. The minimum Gasteiger partial charge on any atom is -0.317 e. The maximum Gasteiger partial charge on any atom is 0.00923 e. The lowest BCUT2D eigenvalue weighted by atomic mass is 9.76. The van der Waals surface area contributed by atoms with Gasteiger partial charge < -0.3 is 5.32 Å². The van der Waals surface area contributed by atoms with E-state index in [4.69, 9.17) is 0 Å². The van der Waals surface area contributed by atoms with Gasteiger partial charge in [0.25, 0.3) is 0 Å². The molecule has 0 radical (unpaired) electrons. The van der Waals surface area contributed by atoms with Gasteiger partial charge in [0.1, 0.15) is 0 Å². The van der Waals surface area contributed by atoms with E-state index in [0.29, 0.717) is 0 Å². The van der Waals surface area contributed by atoms with Crippen LogP contribution in [-0.4, -0.2) is 13.1 Å². The van der Waals surface area contributed by atoms with E-state index in [2.05, 4.69) is 26.2 Å². The van der Waals surface area contributed by atoms with Crippen molar-refractivity contribution >= 4 is 0 Å². The topological polar surface area (TPSA) is 12.0 Å². The first kappa shape index (κ1) is 19.0. The van der Waals surface area contributed by atoms with Crippen molar-refractivity contribution < 1.29 is 0 Å². The van der Waals surface area contributed by atoms with Gasteiger partial charge in [-0.3, -0.25) is 0 Å². The van der Waals surface area contributed by atoms with Gasteiger partial charge in [-0.05, 0) is 38.1 Å². The molecule has 1 heteroatoms. The summed E-state index contributed by atoms with van der Waals surface area (Å²) in [5, 5.41) is 3.63. The van der Waals surface area contributed by atoms with Crippen molar-refractivity contribution in [2.24, 2.45) is 11.8 Å². The van der Waals surface area contributed by atoms with Crippen molar-refractivity contribution in [2.45, 2.75) is 110 Å². The zero-order chi connectivity index (χ0) is 15.3.